The molecule has 1 amide bonds. The first-order valence-corrected chi connectivity index (χ1v) is 12.5. The molecule has 0 bridgehead atoms. The molecule has 1 aromatic carbocycles. The van der Waals surface area contributed by atoms with Crippen LogP contribution in [0.25, 0.3) is 0 Å². The van der Waals surface area contributed by atoms with Gasteiger partial charge in [-0.05, 0) is 97.2 Å². The summed E-state index contributed by atoms with van der Waals surface area (Å²) in [6.45, 7) is 16.2. The second kappa shape index (κ2) is 8.90. The van der Waals surface area contributed by atoms with Gasteiger partial charge in [-0.3, -0.25) is 4.90 Å². The lowest BCUT2D eigenvalue weighted by Gasteiger charge is -2.39. The molecule has 1 saturated heterocycles. The van der Waals surface area contributed by atoms with Crippen molar-refractivity contribution in [2.45, 2.75) is 116 Å². The highest BCUT2D eigenvalue weighted by atomic mass is 16.7. The SMILES string of the molecule is CC(C)(C)OC(=O)NC1CCC(N2CCc3cc(B4OC(C)(C)C(C)(C)O4)ccc3C2)CC1. The normalized spacial score (nSPS) is 27.2. The van der Waals surface area contributed by atoms with E-state index in [1.54, 1.807) is 0 Å². The summed E-state index contributed by atoms with van der Waals surface area (Å²) in [6.07, 6.45) is 5.00. The molecular weight excluding hydrogens is 415 g/mol. The van der Waals surface area contributed by atoms with Crippen LogP contribution in [0.1, 0.15) is 85.3 Å². The third-order valence-corrected chi connectivity index (χ3v) is 7.73. The van der Waals surface area contributed by atoms with Crippen LogP contribution in [0, 0.1) is 0 Å². The molecule has 4 rings (SSSR count). The van der Waals surface area contributed by atoms with Crippen molar-refractivity contribution in [1.29, 1.82) is 0 Å². The molecule has 2 heterocycles. The summed E-state index contributed by atoms with van der Waals surface area (Å²) in [4.78, 5) is 14.7. The lowest BCUT2D eigenvalue weighted by molar-refractivity contribution is 0.00578. The van der Waals surface area contributed by atoms with E-state index in [1.807, 2.05) is 20.8 Å². The zero-order chi connectivity index (χ0) is 24.0. The van der Waals surface area contributed by atoms with Gasteiger partial charge >= 0.3 is 13.2 Å². The van der Waals surface area contributed by atoms with Crippen molar-refractivity contribution in [3.05, 3.63) is 29.3 Å². The van der Waals surface area contributed by atoms with Gasteiger partial charge in [-0.25, -0.2) is 4.79 Å². The van der Waals surface area contributed by atoms with E-state index >= 15 is 0 Å². The Morgan fingerprint density at radius 2 is 1.70 bits per heavy atom. The van der Waals surface area contributed by atoms with Crippen LogP contribution in [-0.4, -0.2) is 53.5 Å². The van der Waals surface area contributed by atoms with Crippen LogP contribution in [-0.2, 0) is 27.0 Å². The number of hydrogen-bond donors (Lipinski definition) is 1. The van der Waals surface area contributed by atoms with Crippen LogP contribution in [0.4, 0.5) is 4.79 Å². The molecule has 1 aliphatic carbocycles. The van der Waals surface area contributed by atoms with E-state index in [-0.39, 0.29) is 30.5 Å². The maximum Gasteiger partial charge on any atom is 0.494 e. The first-order chi connectivity index (χ1) is 15.3. The fourth-order valence-corrected chi connectivity index (χ4v) is 5.09. The van der Waals surface area contributed by atoms with E-state index in [1.165, 1.54) is 11.1 Å². The minimum absolute atomic E-state index is 0.218. The van der Waals surface area contributed by atoms with Crippen LogP contribution in [0.15, 0.2) is 18.2 Å². The van der Waals surface area contributed by atoms with Gasteiger partial charge in [0.1, 0.15) is 5.60 Å². The van der Waals surface area contributed by atoms with Crippen molar-refractivity contribution >= 4 is 18.7 Å². The fourth-order valence-electron chi connectivity index (χ4n) is 5.09. The van der Waals surface area contributed by atoms with Gasteiger partial charge in [0.2, 0.25) is 0 Å². The molecule has 0 spiro atoms. The first kappa shape index (κ1) is 24.6. The van der Waals surface area contributed by atoms with E-state index in [9.17, 15) is 4.79 Å². The number of amides is 1. The number of hydrogen-bond acceptors (Lipinski definition) is 5. The van der Waals surface area contributed by atoms with Crippen LogP contribution in [0.3, 0.4) is 0 Å². The molecule has 1 N–H and O–H groups in total. The van der Waals surface area contributed by atoms with Crippen molar-refractivity contribution in [3.63, 3.8) is 0 Å². The lowest BCUT2D eigenvalue weighted by atomic mass is 9.77. The quantitative estimate of drug-likeness (QED) is 0.692. The number of carbonyl (C=O) groups excluding carboxylic acids is 1. The number of nitrogens with zero attached hydrogens (tertiary/aromatic N) is 1. The molecule has 0 atom stereocenters. The zero-order valence-electron chi connectivity index (χ0n) is 21.5. The Kier molecular flexibility index (Phi) is 6.62. The average Bonchev–Trinajstić information content (AvgIpc) is 2.93. The Morgan fingerprint density at radius 1 is 1.06 bits per heavy atom. The van der Waals surface area contributed by atoms with Gasteiger partial charge in [0, 0.05) is 25.2 Å². The van der Waals surface area contributed by atoms with Crippen molar-refractivity contribution in [3.8, 4) is 0 Å². The summed E-state index contributed by atoms with van der Waals surface area (Å²) in [6, 6.07) is 7.52. The topological polar surface area (TPSA) is 60.0 Å². The number of ether oxygens (including phenoxy) is 1. The van der Waals surface area contributed by atoms with Crippen molar-refractivity contribution < 1.29 is 18.8 Å². The number of benzene rings is 1. The lowest BCUT2D eigenvalue weighted by Crippen LogP contribution is -2.46. The molecule has 2 fully saturated rings. The molecule has 1 aromatic rings. The van der Waals surface area contributed by atoms with Gasteiger partial charge in [0.05, 0.1) is 11.2 Å². The Bertz CT molecular complexity index is 856. The van der Waals surface area contributed by atoms with Gasteiger partial charge in [-0.2, -0.15) is 0 Å². The summed E-state index contributed by atoms with van der Waals surface area (Å²) in [5.74, 6) is 0. The minimum atomic E-state index is -0.454. The predicted molar refractivity (Wildman–Crippen MR) is 132 cm³/mol. The summed E-state index contributed by atoms with van der Waals surface area (Å²) in [7, 11) is -0.300. The smallest absolute Gasteiger partial charge is 0.444 e. The molecule has 0 radical (unpaired) electrons. The molecule has 0 unspecified atom stereocenters. The van der Waals surface area contributed by atoms with E-state index in [0.717, 1.165) is 50.7 Å². The highest BCUT2D eigenvalue weighted by Gasteiger charge is 2.51. The summed E-state index contributed by atoms with van der Waals surface area (Å²) < 4.78 is 17.9. The molecule has 1 saturated carbocycles. The van der Waals surface area contributed by atoms with Gasteiger partial charge < -0.3 is 19.4 Å². The first-order valence-electron chi connectivity index (χ1n) is 12.5. The highest BCUT2D eigenvalue weighted by molar-refractivity contribution is 6.62. The molecular formula is C26H41BN2O4. The Hall–Kier alpha value is -1.57. The van der Waals surface area contributed by atoms with Crippen LogP contribution in [0.5, 0.6) is 0 Å². The maximum absolute atomic E-state index is 12.1. The van der Waals surface area contributed by atoms with E-state index in [0.29, 0.717) is 6.04 Å². The average molecular weight is 456 g/mol. The van der Waals surface area contributed by atoms with Crippen LogP contribution in [0.2, 0.25) is 0 Å². The standard InChI is InChI=1S/C26H41BN2O4/c1-24(2,3)31-23(30)28-21-10-12-22(13-11-21)29-15-14-18-16-20(9-8-19(18)17-29)27-32-25(4,5)26(6,7)33-27/h8-9,16,21-22H,10-15,17H2,1-7H3,(H,28,30). The molecule has 182 valence electrons. The van der Waals surface area contributed by atoms with Crippen LogP contribution >= 0.6 is 0 Å². The fraction of sp³-hybridized carbons (Fsp3) is 0.731. The Balaban J connectivity index is 1.31. The largest absolute Gasteiger partial charge is 0.494 e. The predicted octanol–water partition coefficient (Wildman–Crippen LogP) is 4.18. The zero-order valence-corrected chi connectivity index (χ0v) is 21.5. The summed E-state index contributed by atoms with van der Waals surface area (Å²) in [5, 5.41) is 3.06. The van der Waals surface area contributed by atoms with Crippen LogP contribution < -0.4 is 10.8 Å². The number of alkyl carbamates (subject to hydrolysis) is 1. The third-order valence-electron chi connectivity index (χ3n) is 7.73. The second-order valence-electron chi connectivity index (χ2n) is 12.0. The maximum atomic E-state index is 12.1. The van der Waals surface area contributed by atoms with Gasteiger partial charge in [-0.1, -0.05) is 18.2 Å². The number of nitrogens with one attached hydrogen (secondary N) is 1. The monoisotopic (exact) mass is 456 g/mol. The molecule has 7 heteroatoms. The van der Waals surface area contributed by atoms with Crippen molar-refractivity contribution in [2.75, 3.05) is 6.54 Å². The number of rotatable bonds is 3. The van der Waals surface area contributed by atoms with Crippen molar-refractivity contribution in [2.24, 2.45) is 0 Å². The summed E-state index contributed by atoms with van der Waals surface area (Å²) in [5.41, 5.74) is 2.86. The molecule has 2 aliphatic heterocycles. The molecule has 3 aliphatic rings. The summed E-state index contributed by atoms with van der Waals surface area (Å²) >= 11 is 0. The molecule has 6 nitrogen and oxygen atoms in total. The number of carbonyl (C=O) groups is 1. The van der Waals surface area contributed by atoms with Gasteiger partial charge in [-0.15, -0.1) is 0 Å². The van der Waals surface area contributed by atoms with Crippen molar-refractivity contribution in [1.82, 2.24) is 10.2 Å². The van der Waals surface area contributed by atoms with Gasteiger partial charge in [0.25, 0.3) is 0 Å². The third kappa shape index (κ3) is 5.58. The second-order valence-corrected chi connectivity index (χ2v) is 12.0. The minimum Gasteiger partial charge on any atom is -0.444 e. The molecule has 0 aromatic heterocycles. The highest BCUT2D eigenvalue weighted by Crippen LogP contribution is 2.37. The van der Waals surface area contributed by atoms with E-state index in [2.05, 4.69) is 56.1 Å². The van der Waals surface area contributed by atoms with Gasteiger partial charge in [0.15, 0.2) is 0 Å². The van der Waals surface area contributed by atoms with E-state index < -0.39 is 5.60 Å². The van der Waals surface area contributed by atoms with E-state index in [4.69, 9.17) is 14.0 Å². The molecule has 33 heavy (non-hydrogen) atoms. The Morgan fingerprint density at radius 3 is 2.30 bits per heavy atom. The Labute approximate surface area is 199 Å². The number of fused-ring (bicyclic) bond motifs is 1.